The third-order valence-corrected chi connectivity index (χ3v) is 2.42. The van der Waals surface area contributed by atoms with Crippen molar-refractivity contribution in [1.82, 2.24) is 20.1 Å². The molecule has 2 aromatic heterocycles. The van der Waals surface area contributed by atoms with E-state index in [0.717, 1.165) is 0 Å². The lowest BCUT2D eigenvalue weighted by atomic mass is 10.2. The lowest BCUT2D eigenvalue weighted by molar-refractivity contribution is 0.432. The molecule has 1 aromatic carbocycles. The zero-order chi connectivity index (χ0) is 12.5. The number of anilines is 1. The van der Waals surface area contributed by atoms with E-state index in [4.69, 9.17) is 10.3 Å². The van der Waals surface area contributed by atoms with E-state index in [9.17, 15) is 4.39 Å². The number of imidazole rings is 1. The van der Waals surface area contributed by atoms with Gasteiger partial charge in [0, 0.05) is 12.4 Å². The summed E-state index contributed by atoms with van der Waals surface area (Å²) < 4.78 is 18.4. The molecule has 0 fully saturated rings. The second-order valence-corrected chi connectivity index (χ2v) is 3.56. The van der Waals surface area contributed by atoms with Crippen molar-refractivity contribution in [3.05, 3.63) is 36.4 Å². The van der Waals surface area contributed by atoms with Gasteiger partial charge in [0.15, 0.2) is 5.82 Å². The van der Waals surface area contributed by atoms with Gasteiger partial charge in [-0.15, -0.1) is 0 Å². The molecule has 2 heterocycles. The Morgan fingerprint density at radius 2 is 2.22 bits per heavy atom. The third-order valence-electron chi connectivity index (χ3n) is 2.42. The number of nitrogens with zero attached hydrogens (tertiary/aromatic N) is 3. The molecule has 0 atom stereocenters. The van der Waals surface area contributed by atoms with Gasteiger partial charge in [-0.2, -0.15) is 4.98 Å². The molecule has 6 nitrogen and oxygen atoms in total. The first-order valence-corrected chi connectivity index (χ1v) is 5.13. The SMILES string of the molecule is Nc1c(F)cccc1-c1nc(-c2ncc[nH]2)no1. The van der Waals surface area contributed by atoms with Crippen LogP contribution >= 0.6 is 0 Å². The first kappa shape index (κ1) is 10.5. The molecule has 0 saturated carbocycles. The second kappa shape index (κ2) is 3.95. The van der Waals surface area contributed by atoms with Crippen molar-refractivity contribution >= 4 is 5.69 Å². The molecule has 0 saturated heterocycles. The van der Waals surface area contributed by atoms with Crippen LogP contribution < -0.4 is 5.73 Å². The van der Waals surface area contributed by atoms with Crippen LogP contribution in [0.2, 0.25) is 0 Å². The van der Waals surface area contributed by atoms with Crippen LogP contribution in [0.3, 0.4) is 0 Å². The molecule has 3 rings (SSSR count). The Morgan fingerprint density at radius 3 is 3.00 bits per heavy atom. The van der Waals surface area contributed by atoms with Crippen LogP contribution in [-0.2, 0) is 0 Å². The molecule has 0 bridgehead atoms. The summed E-state index contributed by atoms with van der Waals surface area (Å²) in [4.78, 5) is 10.9. The maximum atomic E-state index is 13.3. The third kappa shape index (κ3) is 1.61. The summed E-state index contributed by atoms with van der Waals surface area (Å²) in [5.74, 6) is 0.391. The zero-order valence-corrected chi connectivity index (χ0v) is 9.09. The van der Waals surface area contributed by atoms with Crippen LogP contribution in [0.5, 0.6) is 0 Å². The van der Waals surface area contributed by atoms with E-state index in [1.54, 1.807) is 18.5 Å². The topological polar surface area (TPSA) is 93.6 Å². The lowest BCUT2D eigenvalue weighted by Gasteiger charge is -2.00. The first-order chi connectivity index (χ1) is 8.75. The van der Waals surface area contributed by atoms with Crippen LogP contribution in [0.15, 0.2) is 35.1 Å². The van der Waals surface area contributed by atoms with Crippen molar-refractivity contribution in [3.63, 3.8) is 0 Å². The van der Waals surface area contributed by atoms with E-state index in [1.165, 1.54) is 12.1 Å². The Morgan fingerprint density at radius 1 is 1.33 bits per heavy atom. The molecule has 0 aliphatic heterocycles. The van der Waals surface area contributed by atoms with Crippen molar-refractivity contribution in [2.24, 2.45) is 0 Å². The Labute approximate surface area is 101 Å². The highest BCUT2D eigenvalue weighted by molar-refractivity contribution is 5.71. The van der Waals surface area contributed by atoms with E-state index >= 15 is 0 Å². The number of nitrogens with two attached hydrogens (primary N) is 1. The number of nitrogens with one attached hydrogen (secondary N) is 1. The van der Waals surface area contributed by atoms with Gasteiger partial charge in [0.2, 0.25) is 5.82 Å². The molecule has 7 heteroatoms. The summed E-state index contributed by atoms with van der Waals surface area (Å²) in [5.41, 5.74) is 5.96. The van der Waals surface area contributed by atoms with E-state index in [2.05, 4.69) is 20.1 Å². The summed E-state index contributed by atoms with van der Waals surface area (Å²) in [6.07, 6.45) is 3.21. The number of H-pyrrole nitrogens is 1. The Kier molecular flexibility index (Phi) is 2.30. The van der Waals surface area contributed by atoms with Crippen LogP contribution in [0.25, 0.3) is 23.1 Å². The van der Waals surface area contributed by atoms with Gasteiger partial charge >= 0.3 is 0 Å². The second-order valence-electron chi connectivity index (χ2n) is 3.56. The minimum atomic E-state index is -0.523. The van der Waals surface area contributed by atoms with Crippen molar-refractivity contribution < 1.29 is 8.91 Å². The van der Waals surface area contributed by atoms with Gasteiger partial charge in [0.25, 0.3) is 5.89 Å². The van der Waals surface area contributed by atoms with Crippen molar-refractivity contribution in [2.45, 2.75) is 0 Å². The molecule has 0 aliphatic rings. The molecular weight excluding hydrogens is 237 g/mol. The molecule has 3 aromatic rings. The fourth-order valence-corrected chi connectivity index (χ4v) is 1.54. The number of nitrogen functional groups attached to an aromatic ring is 1. The van der Waals surface area contributed by atoms with Crippen LogP contribution in [0.1, 0.15) is 0 Å². The largest absolute Gasteiger partial charge is 0.396 e. The highest BCUT2D eigenvalue weighted by Crippen LogP contribution is 2.27. The number of rotatable bonds is 2. The predicted molar refractivity (Wildman–Crippen MR) is 61.7 cm³/mol. The van der Waals surface area contributed by atoms with Crippen molar-refractivity contribution in [1.29, 1.82) is 0 Å². The summed E-state index contributed by atoms with van der Waals surface area (Å²) >= 11 is 0. The number of aromatic nitrogens is 4. The molecule has 0 radical (unpaired) electrons. The summed E-state index contributed by atoms with van der Waals surface area (Å²) in [5, 5.41) is 3.75. The van der Waals surface area contributed by atoms with E-state index in [-0.39, 0.29) is 11.6 Å². The molecule has 90 valence electrons. The van der Waals surface area contributed by atoms with Gasteiger partial charge in [-0.3, -0.25) is 0 Å². The fourth-order valence-electron chi connectivity index (χ4n) is 1.54. The van der Waals surface area contributed by atoms with Gasteiger partial charge < -0.3 is 15.2 Å². The number of para-hydroxylation sites is 1. The zero-order valence-electron chi connectivity index (χ0n) is 9.09. The number of hydrogen-bond donors (Lipinski definition) is 2. The molecule has 3 N–H and O–H groups in total. The number of benzene rings is 1. The molecule has 0 unspecified atom stereocenters. The highest BCUT2D eigenvalue weighted by Gasteiger charge is 2.15. The van der Waals surface area contributed by atoms with E-state index in [1.807, 2.05) is 0 Å². The monoisotopic (exact) mass is 245 g/mol. The Hall–Kier alpha value is -2.70. The maximum Gasteiger partial charge on any atom is 0.260 e. The first-order valence-electron chi connectivity index (χ1n) is 5.13. The number of halogens is 1. The number of hydrogen-bond acceptors (Lipinski definition) is 5. The van der Waals surface area contributed by atoms with Gasteiger partial charge in [-0.05, 0) is 12.1 Å². The maximum absolute atomic E-state index is 13.3. The average molecular weight is 245 g/mol. The summed E-state index contributed by atoms with van der Waals surface area (Å²) in [7, 11) is 0. The lowest BCUT2D eigenvalue weighted by Crippen LogP contribution is -1.94. The van der Waals surface area contributed by atoms with E-state index < -0.39 is 5.82 Å². The Balaban J connectivity index is 2.06. The molecular formula is C11H8FN5O. The van der Waals surface area contributed by atoms with Crippen molar-refractivity contribution in [3.8, 4) is 23.1 Å². The van der Waals surface area contributed by atoms with Gasteiger partial charge in [-0.25, -0.2) is 9.37 Å². The van der Waals surface area contributed by atoms with Crippen LogP contribution in [0, 0.1) is 5.82 Å². The van der Waals surface area contributed by atoms with Gasteiger partial charge in [0.1, 0.15) is 5.82 Å². The minimum absolute atomic E-state index is 0.0212. The summed E-state index contributed by atoms with van der Waals surface area (Å²) in [6, 6.07) is 4.40. The highest BCUT2D eigenvalue weighted by atomic mass is 19.1. The average Bonchev–Trinajstić information content (AvgIpc) is 3.01. The van der Waals surface area contributed by atoms with Crippen molar-refractivity contribution in [2.75, 3.05) is 5.73 Å². The quantitative estimate of drug-likeness (QED) is 0.672. The van der Waals surface area contributed by atoms with Crippen LogP contribution in [-0.4, -0.2) is 20.1 Å². The molecule has 0 spiro atoms. The normalized spacial score (nSPS) is 10.7. The predicted octanol–water partition coefficient (Wildman–Crippen LogP) is 1.85. The molecule has 0 amide bonds. The summed E-state index contributed by atoms with van der Waals surface area (Å²) in [6.45, 7) is 0. The van der Waals surface area contributed by atoms with E-state index in [0.29, 0.717) is 17.2 Å². The number of aromatic amines is 1. The Bertz CT molecular complexity index is 677. The fraction of sp³-hybridized carbons (Fsp3) is 0. The van der Waals surface area contributed by atoms with Gasteiger partial charge in [-0.1, -0.05) is 11.2 Å². The minimum Gasteiger partial charge on any atom is -0.396 e. The van der Waals surface area contributed by atoms with Crippen LogP contribution in [0.4, 0.5) is 10.1 Å². The van der Waals surface area contributed by atoms with Gasteiger partial charge in [0.05, 0.1) is 11.3 Å². The standard InChI is InChI=1S/C11H8FN5O/c12-7-3-1-2-6(8(7)13)11-16-10(17-18-11)9-14-4-5-15-9/h1-5H,13H2,(H,14,15). The molecule has 18 heavy (non-hydrogen) atoms. The molecule has 0 aliphatic carbocycles. The smallest absolute Gasteiger partial charge is 0.260 e.